The third-order valence-corrected chi connectivity index (χ3v) is 9.17. The maximum atomic E-state index is 11.7. The minimum absolute atomic E-state index is 0.0409. The fraction of sp³-hybridized carbons (Fsp3) is 0.382. The average Bonchev–Trinajstić information content (AvgIpc) is 3.46. The molecular formula is C34H37N4O5+. The first-order chi connectivity index (χ1) is 20.9. The van der Waals surface area contributed by atoms with Crippen LogP contribution in [0.5, 0.6) is 11.6 Å². The highest BCUT2D eigenvalue weighted by atomic mass is 16.5. The third-order valence-electron chi connectivity index (χ3n) is 9.17. The minimum Gasteiger partial charge on any atom is -0.488 e. The molecule has 0 amide bonds. The number of carbonyl (C=O) groups is 1. The zero-order valence-corrected chi connectivity index (χ0v) is 24.9. The molecule has 2 aromatic heterocycles. The van der Waals surface area contributed by atoms with E-state index in [1.165, 1.54) is 34.9 Å². The molecule has 7 rings (SSSR count). The van der Waals surface area contributed by atoms with Gasteiger partial charge in [0.15, 0.2) is 5.56 Å². The summed E-state index contributed by atoms with van der Waals surface area (Å²) in [4.78, 5) is 14.3. The van der Waals surface area contributed by atoms with Gasteiger partial charge < -0.3 is 19.3 Å². The highest BCUT2D eigenvalue weighted by Crippen LogP contribution is 2.36. The Morgan fingerprint density at radius 2 is 2.02 bits per heavy atom. The molecule has 0 aliphatic carbocycles. The van der Waals surface area contributed by atoms with Gasteiger partial charge in [0.1, 0.15) is 18.1 Å². The van der Waals surface area contributed by atoms with Crippen LogP contribution in [0.3, 0.4) is 0 Å². The number of hydrogen-bond acceptors (Lipinski definition) is 6. The SMILES string of the molecule is Cc1cccc(-c2cccc3[n+]2C(C)Oc2c(C(=O)O)cnn2-3)c1OCc1ccc2c(c1C)CCN(C1CCCOC1)C2. The van der Waals surface area contributed by atoms with Gasteiger partial charge in [-0.3, -0.25) is 4.90 Å². The lowest BCUT2D eigenvalue weighted by Gasteiger charge is -2.38. The molecule has 9 heteroatoms. The van der Waals surface area contributed by atoms with Gasteiger partial charge >= 0.3 is 17.7 Å². The quantitative estimate of drug-likeness (QED) is 0.314. The van der Waals surface area contributed by atoms with Crippen LogP contribution >= 0.6 is 0 Å². The van der Waals surface area contributed by atoms with Crippen molar-refractivity contribution in [3.8, 4) is 28.7 Å². The number of carboxylic acid groups (broad SMARTS) is 1. The highest BCUT2D eigenvalue weighted by molar-refractivity contribution is 5.90. The summed E-state index contributed by atoms with van der Waals surface area (Å²) < 4.78 is 22.1. The first-order valence-electron chi connectivity index (χ1n) is 15.1. The molecular weight excluding hydrogens is 544 g/mol. The number of carboxylic acids is 1. The van der Waals surface area contributed by atoms with Crippen molar-refractivity contribution in [2.24, 2.45) is 0 Å². The topological polar surface area (TPSA) is 89.9 Å². The van der Waals surface area contributed by atoms with E-state index >= 15 is 0 Å². The van der Waals surface area contributed by atoms with Crippen LogP contribution in [-0.4, -0.2) is 51.6 Å². The number of fused-ring (bicyclic) bond motifs is 4. The van der Waals surface area contributed by atoms with Crippen LogP contribution in [0.1, 0.15) is 64.2 Å². The Morgan fingerprint density at radius 1 is 1.16 bits per heavy atom. The lowest BCUT2D eigenvalue weighted by atomic mass is 9.91. The normalized spacial score (nSPS) is 19.6. The molecule has 1 fully saturated rings. The van der Waals surface area contributed by atoms with E-state index in [9.17, 15) is 9.90 Å². The third kappa shape index (κ3) is 4.86. The molecule has 2 atom stereocenters. The predicted octanol–water partition coefficient (Wildman–Crippen LogP) is 5.17. The summed E-state index contributed by atoms with van der Waals surface area (Å²) in [5, 5.41) is 13.9. The van der Waals surface area contributed by atoms with E-state index in [0.717, 1.165) is 67.5 Å². The number of ether oxygens (including phenoxy) is 3. The molecule has 0 bridgehead atoms. The van der Waals surface area contributed by atoms with Gasteiger partial charge in [0.05, 0.1) is 18.4 Å². The molecule has 1 N–H and O–H groups in total. The zero-order valence-electron chi connectivity index (χ0n) is 24.9. The lowest BCUT2D eigenvalue weighted by Crippen LogP contribution is -2.50. The van der Waals surface area contributed by atoms with Gasteiger partial charge in [0.25, 0.3) is 0 Å². The van der Waals surface area contributed by atoms with Crippen LogP contribution in [0.25, 0.3) is 17.1 Å². The summed E-state index contributed by atoms with van der Waals surface area (Å²) >= 11 is 0. The molecule has 4 aromatic rings. The van der Waals surface area contributed by atoms with Gasteiger partial charge in [-0.1, -0.05) is 34.0 Å². The Hall–Kier alpha value is -4.21. The number of pyridine rings is 1. The molecule has 222 valence electrons. The second-order valence-electron chi connectivity index (χ2n) is 11.8. The molecule has 9 nitrogen and oxygen atoms in total. The Morgan fingerprint density at radius 3 is 2.84 bits per heavy atom. The van der Waals surface area contributed by atoms with Crippen molar-refractivity contribution in [2.45, 2.75) is 65.5 Å². The summed E-state index contributed by atoms with van der Waals surface area (Å²) in [5.41, 5.74) is 8.30. The van der Waals surface area contributed by atoms with Crippen molar-refractivity contribution >= 4 is 5.97 Å². The number of aromatic carboxylic acids is 1. The zero-order chi connectivity index (χ0) is 29.7. The van der Waals surface area contributed by atoms with E-state index in [0.29, 0.717) is 12.6 Å². The van der Waals surface area contributed by atoms with Crippen LogP contribution in [0.4, 0.5) is 0 Å². The number of aromatic nitrogens is 3. The largest absolute Gasteiger partial charge is 0.488 e. The number of aryl methyl sites for hydroxylation is 1. The molecule has 2 unspecified atom stereocenters. The lowest BCUT2D eigenvalue weighted by molar-refractivity contribution is -0.740. The van der Waals surface area contributed by atoms with Crippen molar-refractivity contribution in [1.82, 2.24) is 14.7 Å². The van der Waals surface area contributed by atoms with Crippen LogP contribution in [-0.2, 0) is 24.3 Å². The van der Waals surface area contributed by atoms with Gasteiger partial charge in [-0.05, 0) is 79.1 Å². The Balaban J connectivity index is 1.18. The number of para-hydroxylation sites is 1. The molecule has 0 saturated carbocycles. The molecule has 0 radical (unpaired) electrons. The first-order valence-corrected chi connectivity index (χ1v) is 15.1. The van der Waals surface area contributed by atoms with Gasteiger partial charge in [0.2, 0.25) is 6.23 Å². The summed E-state index contributed by atoms with van der Waals surface area (Å²) in [6, 6.07) is 17.1. The number of rotatable bonds is 6. The van der Waals surface area contributed by atoms with Gasteiger partial charge in [0, 0.05) is 38.7 Å². The summed E-state index contributed by atoms with van der Waals surface area (Å²) in [5.74, 6) is 0.705. The average molecular weight is 582 g/mol. The number of nitrogens with zero attached hydrogens (tertiary/aromatic N) is 4. The molecule has 43 heavy (non-hydrogen) atoms. The fourth-order valence-corrected chi connectivity index (χ4v) is 6.84. The number of benzene rings is 2. The van der Waals surface area contributed by atoms with Crippen LogP contribution in [0.15, 0.2) is 54.7 Å². The van der Waals surface area contributed by atoms with Gasteiger partial charge in [-0.25, -0.2) is 4.79 Å². The summed E-state index contributed by atoms with van der Waals surface area (Å²) in [7, 11) is 0. The van der Waals surface area contributed by atoms with E-state index < -0.39 is 12.2 Å². The Labute approximate surface area is 251 Å². The van der Waals surface area contributed by atoms with E-state index in [4.69, 9.17) is 14.2 Å². The predicted molar refractivity (Wildman–Crippen MR) is 160 cm³/mol. The Bertz CT molecular complexity index is 1710. The standard InChI is InChI=1S/C34H36N4O5/c1-21-7-4-9-28(30-10-5-11-31-37(30)23(3)43-33-29(34(39)40)17-35-38(31)33)32(21)42-19-25-13-12-24-18-36(15-14-27(24)22(25)2)26-8-6-16-41-20-26/h4-5,7,9-13,17,23,26H,6,8,14-16,18-20H2,1-3H3/p+1. The van der Waals surface area contributed by atoms with E-state index in [2.05, 4.69) is 48.1 Å². The molecule has 0 spiro atoms. The maximum absolute atomic E-state index is 11.7. The van der Waals surface area contributed by atoms with Crippen molar-refractivity contribution in [2.75, 3.05) is 19.8 Å². The summed E-state index contributed by atoms with van der Waals surface area (Å²) in [6.45, 7) is 10.4. The maximum Gasteiger partial charge on any atom is 0.345 e. The molecule has 5 heterocycles. The molecule has 1 saturated heterocycles. The van der Waals surface area contributed by atoms with E-state index in [1.807, 2.05) is 35.8 Å². The highest BCUT2D eigenvalue weighted by Gasteiger charge is 2.38. The van der Waals surface area contributed by atoms with Crippen molar-refractivity contribution in [1.29, 1.82) is 0 Å². The van der Waals surface area contributed by atoms with Crippen molar-refractivity contribution in [3.63, 3.8) is 0 Å². The van der Waals surface area contributed by atoms with Gasteiger partial charge in [-0.15, -0.1) is 0 Å². The number of hydrogen-bond donors (Lipinski definition) is 1. The first kappa shape index (κ1) is 27.6. The fourth-order valence-electron chi connectivity index (χ4n) is 6.84. The van der Waals surface area contributed by atoms with Crippen LogP contribution < -0.4 is 14.0 Å². The van der Waals surface area contributed by atoms with Crippen LogP contribution in [0, 0.1) is 13.8 Å². The van der Waals surface area contributed by atoms with E-state index in [-0.39, 0.29) is 11.4 Å². The van der Waals surface area contributed by atoms with Crippen LogP contribution in [0.2, 0.25) is 0 Å². The summed E-state index contributed by atoms with van der Waals surface area (Å²) in [6.07, 6.45) is 4.29. The second kappa shape index (κ2) is 11.1. The molecule has 3 aliphatic heterocycles. The van der Waals surface area contributed by atoms with Crippen molar-refractivity contribution in [3.05, 3.63) is 88.1 Å². The Kier molecular flexibility index (Phi) is 7.15. The molecule has 2 aromatic carbocycles. The van der Waals surface area contributed by atoms with E-state index in [1.54, 1.807) is 4.68 Å². The van der Waals surface area contributed by atoms with Gasteiger partial charge in [-0.2, -0.15) is 4.57 Å². The second-order valence-corrected chi connectivity index (χ2v) is 11.8. The molecule has 3 aliphatic rings. The van der Waals surface area contributed by atoms with Crippen molar-refractivity contribution < 1.29 is 28.7 Å². The monoisotopic (exact) mass is 581 g/mol. The smallest absolute Gasteiger partial charge is 0.345 e. The minimum atomic E-state index is -1.07.